The van der Waals surface area contributed by atoms with Crippen molar-refractivity contribution in [2.24, 2.45) is 0 Å². The van der Waals surface area contributed by atoms with E-state index in [-0.39, 0.29) is 11.1 Å². The van der Waals surface area contributed by atoms with Gasteiger partial charge in [-0.05, 0) is 41.5 Å². The Hall–Kier alpha value is -3.84. The molecule has 0 bridgehead atoms. The minimum Gasteiger partial charge on any atom is -0.478 e. The zero-order valence-corrected chi connectivity index (χ0v) is 13.6. The molecule has 0 fully saturated rings. The lowest BCUT2D eigenvalue weighted by molar-refractivity contribution is 0.0684. The zero-order chi connectivity index (χ0) is 18.5. The lowest BCUT2D eigenvalue weighted by atomic mass is 9.94. The number of carbonyl (C=O) groups is 2. The Labute approximate surface area is 150 Å². The Balaban J connectivity index is 2.09. The van der Waals surface area contributed by atoms with Crippen LogP contribution in [0.2, 0.25) is 0 Å². The van der Waals surface area contributed by atoms with Crippen molar-refractivity contribution in [3.63, 3.8) is 0 Å². The number of carboxylic acids is 2. The van der Waals surface area contributed by atoms with E-state index in [1.807, 2.05) is 30.3 Å². The third kappa shape index (κ3) is 3.63. The first-order chi connectivity index (χ1) is 12.6. The standard InChI is InChI=1S/C22H14O4/c23-21(24)19-9-5-4-8-17(19)18-13-12-16(14-20(18)22(25)26)11-10-15-6-2-1-3-7-15/h1-9,12-14H,(H,23,24)(H,25,26). The zero-order valence-electron chi connectivity index (χ0n) is 13.6. The maximum atomic E-state index is 11.7. The molecule has 0 amide bonds. The molecule has 4 heteroatoms. The number of aromatic carboxylic acids is 2. The van der Waals surface area contributed by atoms with E-state index in [1.54, 1.807) is 30.3 Å². The third-order valence-electron chi connectivity index (χ3n) is 3.82. The van der Waals surface area contributed by atoms with Gasteiger partial charge in [0.2, 0.25) is 0 Å². The maximum absolute atomic E-state index is 11.7. The highest BCUT2D eigenvalue weighted by Gasteiger charge is 2.17. The fourth-order valence-corrected chi connectivity index (χ4v) is 2.60. The van der Waals surface area contributed by atoms with E-state index in [1.165, 1.54) is 12.1 Å². The van der Waals surface area contributed by atoms with Gasteiger partial charge in [-0.3, -0.25) is 0 Å². The summed E-state index contributed by atoms with van der Waals surface area (Å²) < 4.78 is 0. The van der Waals surface area contributed by atoms with Crippen LogP contribution in [0.3, 0.4) is 0 Å². The Morgan fingerprint density at radius 1 is 0.615 bits per heavy atom. The summed E-state index contributed by atoms with van der Waals surface area (Å²) in [6, 6.07) is 20.4. The molecule has 3 aromatic rings. The highest BCUT2D eigenvalue weighted by Crippen LogP contribution is 2.28. The second kappa shape index (κ2) is 7.37. The topological polar surface area (TPSA) is 74.6 Å². The van der Waals surface area contributed by atoms with E-state index < -0.39 is 11.9 Å². The monoisotopic (exact) mass is 342 g/mol. The molecule has 3 rings (SSSR count). The summed E-state index contributed by atoms with van der Waals surface area (Å²) in [6.07, 6.45) is 0. The molecule has 126 valence electrons. The molecule has 0 unspecified atom stereocenters. The lowest BCUT2D eigenvalue weighted by Crippen LogP contribution is -2.04. The van der Waals surface area contributed by atoms with Gasteiger partial charge in [-0.1, -0.05) is 54.3 Å². The summed E-state index contributed by atoms with van der Waals surface area (Å²) in [5, 5.41) is 18.9. The molecule has 4 nitrogen and oxygen atoms in total. The van der Waals surface area contributed by atoms with Crippen LogP contribution >= 0.6 is 0 Å². The van der Waals surface area contributed by atoms with Gasteiger partial charge in [0.1, 0.15) is 0 Å². The van der Waals surface area contributed by atoms with Crippen molar-refractivity contribution >= 4 is 11.9 Å². The Kier molecular flexibility index (Phi) is 4.82. The van der Waals surface area contributed by atoms with E-state index in [9.17, 15) is 19.8 Å². The van der Waals surface area contributed by atoms with Gasteiger partial charge >= 0.3 is 11.9 Å². The molecule has 0 saturated heterocycles. The van der Waals surface area contributed by atoms with Gasteiger partial charge in [0.15, 0.2) is 0 Å². The molecule has 0 heterocycles. The van der Waals surface area contributed by atoms with Gasteiger partial charge in [0.25, 0.3) is 0 Å². The van der Waals surface area contributed by atoms with Crippen molar-refractivity contribution in [1.82, 2.24) is 0 Å². The van der Waals surface area contributed by atoms with Crippen molar-refractivity contribution in [2.45, 2.75) is 0 Å². The van der Waals surface area contributed by atoms with Gasteiger partial charge in [0, 0.05) is 11.1 Å². The van der Waals surface area contributed by atoms with E-state index in [2.05, 4.69) is 11.8 Å². The first kappa shape index (κ1) is 17.0. The highest BCUT2D eigenvalue weighted by molar-refractivity contribution is 6.02. The van der Waals surface area contributed by atoms with Crippen LogP contribution in [0.15, 0.2) is 72.8 Å². The van der Waals surface area contributed by atoms with Crippen LogP contribution in [0.1, 0.15) is 31.8 Å². The number of benzene rings is 3. The van der Waals surface area contributed by atoms with E-state index >= 15 is 0 Å². The molecular formula is C22H14O4. The third-order valence-corrected chi connectivity index (χ3v) is 3.82. The highest BCUT2D eigenvalue weighted by atomic mass is 16.4. The van der Waals surface area contributed by atoms with Crippen molar-refractivity contribution in [2.75, 3.05) is 0 Å². The van der Waals surface area contributed by atoms with E-state index in [4.69, 9.17) is 0 Å². The summed E-state index contributed by atoms with van der Waals surface area (Å²) in [5.74, 6) is 3.68. The van der Waals surface area contributed by atoms with E-state index in [0.717, 1.165) is 5.56 Å². The predicted molar refractivity (Wildman–Crippen MR) is 98.2 cm³/mol. The van der Waals surface area contributed by atoms with Gasteiger partial charge in [-0.25, -0.2) is 9.59 Å². The second-order valence-electron chi connectivity index (χ2n) is 5.53. The predicted octanol–water partition coefficient (Wildman–Crippen LogP) is 4.15. The average molecular weight is 342 g/mol. The Morgan fingerprint density at radius 2 is 1.19 bits per heavy atom. The smallest absolute Gasteiger partial charge is 0.336 e. The number of hydrogen-bond acceptors (Lipinski definition) is 2. The first-order valence-electron chi connectivity index (χ1n) is 7.83. The van der Waals surface area contributed by atoms with Crippen molar-refractivity contribution in [1.29, 1.82) is 0 Å². The molecule has 0 aliphatic heterocycles. The first-order valence-corrected chi connectivity index (χ1v) is 7.83. The van der Waals surface area contributed by atoms with Crippen molar-refractivity contribution in [3.05, 3.63) is 95.1 Å². The van der Waals surface area contributed by atoms with E-state index in [0.29, 0.717) is 16.7 Å². The molecule has 0 saturated carbocycles. The van der Waals surface area contributed by atoms with Crippen molar-refractivity contribution in [3.8, 4) is 23.0 Å². The molecule has 0 atom stereocenters. The molecule has 0 aliphatic rings. The number of rotatable bonds is 3. The SMILES string of the molecule is O=C(O)c1ccccc1-c1ccc(C#Cc2ccccc2)cc1C(=O)O. The summed E-state index contributed by atoms with van der Waals surface area (Å²) in [7, 11) is 0. The Bertz CT molecular complexity index is 1040. The van der Waals surface area contributed by atoms with Crippen molar-refractivity contribution < 1.29 is 19.8 Å². The molecule has 0 aromatic heterocycles. The van der Waals surface area contributed by atoms with Gasteiger partial charge in [-0.2, -0.15) is 0 Å². The molecule has 26 heavy (non-hydrogen) atoms. The average Bonchev–Trinajstić information content (AvgIpc) is 2.67. The fourth-order valence-electron chi connectivity index (χ4n) is 2.60. The van der Waals surface area contributed by atoms with Crippen LogP contribution < -0.4 is 0 Å². The quantitative estimate of drug-likeness (QED) is 0.701. The van der Waals surface area contributed by atoms with Gasteiger partial charge < -0.3 is 10.2 Å². The van der Waals surface area contributed by atoms with Crippen LogP contribution in [0.4, 0.5) is 0 Å². The molecule has 3 aromatic carbocycles. The molecular weight excluding hydrogens is 328 g/mol. The number of carboxylic acid groups (broad SMARTS) is 2. The summed E-state index contributed by atoms with van der Waals surface area (Å²) >= 11 is 0. The minimum atomic E-state index is -1.14. The molecule has 0 spiro atoms. The van der Waals surface area contributed by atoms with Crippen LogP contribution in [0.25, 0.3) is 11.1 Å². The van der Waals surface area contributed by atoms with Crippen LogP contribution in [0, 0.1) is 11.8 Å². The van der Waals surface area contributed by atoms with Gasteiger partial charge in [-0.15, -0.1) is 0 Å². The molecule has 2 N–H and O–H groups in total. The lowest BCUT2D eigenvalue weighted by Gasteiger charge is -2.10. The van der Waals surface area contributed by atoms with Crippen LogP contribution in [0.5, 0.6) is 0 Å². The van der Waals surface area contributed by atoms with Gasteiger partial charge in [0.05, 0.1) is 11.1 Å². The normalized spacial score (nSPS) is 9.85. The van der Waals surface area contributed by atoms with Crippen LogP contribution in [-0.2, 0) is 0 Å². The summed E-state index contributed by atoms with van der Waals surface area (Å²) in [6.45, 7) is 0. The van der Waals surface area contributed by atoms with Crippen LogP contribution in [-0.4, -0.2) is 22.2 Å². The second-order valence-corrected chi connectivity index (χ2v) is 5.53. The molecule has 0 radical (unpaired) electrons. The summed E-state index contributed by atoms with van der Waals surface area (Å²) in [4.78, 5) is 23.1. The minimum absolute atomic E-state index is 0.0126. The fraction of sp³-hybridized carbons (Fsp3) is 0. The molecule has 0 aliphatic carbocycles. The summed E-state index contributed by atoms with van der Waals surface area (Å²) in [5.41, 5.74) is 2.14. The largest absolute Gasteiger partial charge is 0.478 e. The Morgan fingerprint density at radius 3 is 1.88 bits per heavy atom. The number of hydrogen-bond donors (Lipinski definition) is 2. The maximum Gasteiger partial charge on any atom is 0.336 e.